The number of hydrogen-bond donors (Lipinski definition) is 2. The molecule has 1 aliphatic heterocycles. The molecule has 1 aliphatic rings. The first-order chi connectivity index (χ1) is 18.9. The number of hydrogen-bond acceptors (Lipinski definition) is 6. The minimum atomic E-state index is -4.59. The van der Waals surface area contributed by atoms with Crippen LogP contribution >= 0.6 is 0 Å². The fourth-order valence-corrected chi connectivity index (χ4v) is 6.22. The first-order valence-corrected chi connectivity index (χ1v) is 14.4. The number of nitrogens with zero attached hydrogens (tertiary/aromatic N) is 3. The second-order valence-electron chi connectivity index (χ2n) is 10.1. The fourth-order valence-electron chi connectivity index (χ4n) is 4.60. The van der Waals surface area contributed by atoms with E-state index in [-0.39, 0.29) is 30.4 Å². The number of nitrogens with one attached hydrogen (secondary N) is 2. The van der Waals surface area contributed by atoms with E-state index in [2.05, 4.69) is 34.4 Å². The topological polar surface area (TPSA) is 104 Å². The van der Waals surface area contributed by atoms with E-state index in [0.717, 1.165) is 45.4 Å². The molecule has 4 rings (SSSR count). The zero-order valence-electron chi connectivity index (χ0n) is 22.2. The molecule has 1 fully saturated rings. The summed E-state index contributed by atoms with van der Waals surface area (Å²) in [4.78, 5) is 21.2. The Morgan fingerprint density at radius 2 is 1.75 bits per heavy atom. The summed E-state index contributed by atoms with van der Waals surface area (Å²) in [6.45, 7) is 4.81. The van der Waals surface area contributed by atoms with Gasteiger partial charge in [0.25, 0.3) is 0 Å². The van der Waals surface area contributed by atoms with Crippen LogP contribution in [-0.2, 0) is 34.1 Å². The Hall–Kier alpha value is -3.35. The van der Waals surface area contributed by atoms with E-state index in [1.807, 2.05) is 24.3 Å². The van der Waals surface area contributed by atoms with Crippen molar-refractivity contribution in [2.45, 2.75) is 68.9 Å². The Balaban J connectivity index is 1.52. The molecule has 2 N–H and O–H groups in total. The SMILES string of the molecule is CC(C)c1ccc(CNC(=O)[C@H]2C[C@H](NCc3ccncn3)CCN2S(=O)(=O)c2ccc(C(F)(F)F)cc2)cc1. The summed E-state index contributed by atoms with van der Waals surface area (Å²) in [6, 6.07) is 11.7. The third kappa shape index (κ3) is 7.23. The van der Waals surface area contributed by atoms with Gasteiger partial charge in [-0.25, -0.2) is 18.4 Å². The number of sulfonamides is 1. The summed E-state index contributed by atoms with van der Waals surface area (Å²) in [5.74, 6) is -0.112. The minimum absolute atomic E-state index is 0.0198. The number of alkyl halides is 3. The smallest absolute Gasteiger partial charge is 0.351 e. The largest absolute Gasteiger partial charge is 0.416 e. The summed E-state index contributed by atoms with van der Waals surface area (Å²) in [6.07, 6.45) is -0.951. The normalized spacial score (nSPS) is 18.6. The van der Waals surface area contributed by atoms with Crippen LogP contribution in [0.15, 0.2) is 72.0 Å². The van der Waals surface area contributed by atoms with Crippen LogP contribution in [0.1, 0.15) is 55.0 Å². The molecule has 0 aliphatic carbocycles. The Morgan fingerprint density at radius 1 is 1.05 bits per heavy atom. The average molecular weight is 576 g/mol. The van der Waals surface area contributed by atoms with E-state index in [1.165, 1.54) is 6.33 Å². The van der Waals surface area contributed by atoms with Gasteiger partial charge in [-0.3, -0.25) is 4.79 Å². The maximum atomic E-state index is 13.6. The van der Waals surface area contributed by atoms with Gasteiger partial charge in [0.15, 0.2) is 0 Å². The molecule has 40 heavy (non-hydrogen) atoms. The molecular formula is C28H32F3N5O3S. The lowest BCUT2D eigenvalue weighted by atomic mass is 9.98. The molecule has 1 saturated heterocycles. The molecule has 8 nitrogen and oxygen atoms in total. The maximum Gasteiger partial charge on any atom is 0.416 e. The molecular weight excluding hydrogens is 543 g/mol. The molecule has 0 unspecified atom stereocenters. The molecule has 2 aromatic carbocycles. The van der Waals surface area contributed by atoms with E-state index in [0.29, 0.717) is 18.9 Å². The van der Waals surface area contributed by atoms with Crippen molar-refractivity contribution in [3.05, 3.63) is 89.5 Å². The first kappa shape index (κ1) is 29.6. The van der Waals surface area contributed by atoms with E-state index >= 15 is 0 Å². The number of benzene rings is 2. The van der Waals surface area contributed by atoms with Gasteiger partial charge in [-0.05, 0) is 60.2 Å². The number of rotatable bonds is 9. The Bertz CT molecular complexity index is 1380. The third-order valence-corrected chi connectivity index (χ3v) is 8.89. The van der Waals surface area contributed by atoms with Gasteiger partial charge in [-0.2, -0.15) is 17.5 Å². The van der Waals surface area contributed by atoms with Crippen molar-refractivity contribution < 1.29 is 26.4 Å². The molecule has 3 aromatic rings. The summed E-state index contributed by atoms with van der Waals surface area (Å²) in [5.41, 5.74) is 1.83. The summed E-state index contributed by atoms with van der Waals surface area (Å²) < 4.78 is 67.3. The lowest BCUT2D eigenvalue weighted by molar-refractivity contribution is -0.137. The third-order valence-electron chi connectivity index (χ3n) is 6.97. The van der Waals surface area contributed by atoms with Crippen LogP contribution in [0.3, 0.4) is 0 Å². The van der Waals surface area contributed by atoms with Gasteiger partial charge >= 0.3 is 6.18 Å². The van der Waals surface area contributed by atoms with Crippen molar-refractivity contribution in [1.82, 2.24) is 24.9 Å². The van der Waals surface area contributed by atoms with E-state index in [9.17, 15) is 26.4 Å². The van der Waals surface area contributed by atoms with E-state index in [4.69, 9.17) is 0 Å². The minimum Gasteiger partial charge on any atom is -0.351 e. The van der Waals surface area contributed by atoms with Crippen molar-refractivity contribution in [1.29, 1.82) is 0 Å². The van der Waals surface area contributed by atoms with Crippen LogP contribution in [0.2, 0.25) is 0 Å². The van der Waals surface area contributed by atoms with Crippen molar-refractivity contribution in [2.24, 2.45) is 0 Å². The highest BCUT2D eigenvalue weighted by atomic mass is 32.2. The van der Waals surface area contributed by atoms with Gasteiger partial charge in [0.2, 0.25) is 15.9 Å². The van der Waals surface area contributed by atoms with Gasteiger partial charge in [0, 0.05) is 31.9 Å². The Kier molecular flexibility index (Phi) is 9.22. The molecule has 0 radical (unpaired) electrons. The second-order valence-corrected chi connectivity index (χ2v) is 12.0. The molecule has 0 spiro atoms. The van der Waals surface area contributed by atoms with Crippen LogP contribution in [0.4, 0.5) is 13.2 Å². The van der Waals surface area contributed by atoms with Gasteiger partial charge < -0.3 is 10.6 Å². The molecule has 2 heterocycles. The lowest BCUT2D eigenvalue weighted by Gasteiger charge is -2.38. The maximum absolute atomic E-state index is 13.6. The molecule has 1 aromatic heterocycles. The van der Waals surface area contributed by atoms with Gasteiger partial charge in [-0.1, -0.05) is 38.1 Å². The summed E-state index contributed by atoms with van der Waals surface area (Å²) in [7, 11) is -4.25. The zero-order chi connectivity index (χ0) is 28.9. The first-order valence-electron chi connectivity index (χ1n) is 13.0. The van der Waals surface area contributed by atoms with Crippen LogP contribution in [0.5, 0.6) is 0 Å². The van der Waals surface area contributed by atoms with Crippen molar-refractivity contribution in [3.63, 3.8) is 0 Å². The Labute approximate surface area is 232 Å². The van der Waals surface area contributed by atoms with Crippen molar-refractivity contribution >= 4 is 15.9 Å². The molecule has 2 atom stereocenters. The lowest BCUT2D eigenvalue weighted by Crippen LogP contribution is -2.56. The van der Waals surface area contributed by atoms with Crippen LogP contribution in [-0.4, -0.2) is 47.2 Å². The van der Waals surface area contributed by atoms with Gasteiger partial charge in [0.1, 0.15) is 12.4 Å². The van der Waals surface area contributed by atoms with Crippen LogP contribution in [0.25, 0.3) is 0 Å². The van der Waals surface area contributed by atoms with Gasteiger partial charge in [0.05, 0.1) is 16.2 Å². The number of halogens is 3. The molecule has 0 bridgehead atoms. The summed E-state index contributed by atoms with van der Waals surface area (Å²) >= 11 is 0. The van der Waals surface area contributed by atoms with Crippen molar-refractivity contribution in [2.75, 3.05) is 6.54 Å². The monoisotopic (exact) mass is 575 g/mol. The molecule has 0 saturated carbocycles. The number of aromatic nitrogens is 2. The number of carbonyl (C=O) groups excluding carboxylic acids is 1. The fraction of sp³-hybridized carbons (Fsp3) is 0.393. The number of piperidine rings is 1. The Morgan fingerprint density at radius 3 is 2.35 bits per heavy atom. The van der Waals surface area contributed by atoms with Crippen LogP contribution < -0.4 is 10.6 Å². The zero-order valence-corrected chi connectivity index (χ0v) is 23.0. The average Bonchev–Trinajstić information content (AvgIpc) is 2.95. The highest BCUT2D eigenvalue weighted by Gasteiger charge is 2.41. The molecule has 12 heteroatoms. The van der Waals surface area contributed by atoms with Crippen molar-refractivity contribution in [3.8, 4) is 0 Å². The standard InChI is InChI=1S/C28H32F3N5O3S/c1-19(2)21-5-3-20(4-6-21)16-34-27(37)26-15-23(33-17-24-11-13-32-18-35-24)12-14-36(26)40(38,39)25-9-7-22(8-10-25)28(29,30)31/h3-11,13,18-19,23,26,33H,12,14-17H2,1-2H3,(H,34,37)/t23-,26-/m1/s1. The number of carbonyl (C=O) groups is 1. The van der Waals surface area contributed by atoms with E-state index in [1.54, 1.807) is 12.3 Å². The summed E-state index contributed by atoms with van der Waals surface area (Å²) in [5, 5.41) is 6.18. The number of amides is 1. The van der Waals surface area contributed by atoms with E-state index < -0.39 is 33.7 Å². The molecule has 214 valence electrons. The highest BCUT2D eigenvalue weighted by Crippen LogP contribution is 2.31. The second kappa shape index (κ2) is 12.4. The van der Waals surface area contributed by atoms with Gasteiger partial charge in [-0.15, -0.1) is 0 Å². The molecule has 1 amide bonds. The quantitative estimate of drug-likeness (QED) is 0.396. The van der Waals surface area contributed by atoms with Crippen LogP contribution in [0, 0.1) is 0 Å². The predicted octanol–water partition coefficient (Wildman–Crippen LogP) is 4.25. The predicted molar refractivity (Wildman–Crippen MR) is 143 cm³/mol. The highest BCUT2D eigenvalue weighted by molar-refractivity contribution is 7.89.